The summed E-state index contributed by atoms with van der Waals surface area (Å²) >= 11 is 0. The normalized spacial score (nSPS) is 10.3. The van der Waals surface area contributed by atoms with Crippen LogP contribution in [0.4, 0.5) is 20.2 Å². The van der Waals surface area contributed by atoms with E-state index in [1.807, 2.05) is 30.3 Å². The Kier molecular flexibility index (Phi) is 7.05. The number of carbonyl (C=O) groups is 3. The average Bonchev–Trinajstić information content (AvgIpc) is 2.75. The summed E-state index contributed by atoms with van der Waals surface area (Å²) in [5, 5.41) is 4.85. The average molecular weight is 424 g/mol. The topological polar surface area (TPSA) is 84.5 Å². The lowest BCUT2D eigenvalue weighted by Crippen LogP contribution is -2.22. The summed E-state index contributed by atoms with van der Waals surface area (Å²) in [6, 6.07) is 17.9. The predicted molar refractivity (Wildman–Crippen MR) is 110 cm³/mol. The largest absolute Gasteiger partial charge is 0.452 e. The molecule has 0 fully saturated rings. The molecule has 0 saturated carbocycles. The first-order valence-electron chi connectivity index (χ1n) is 9.27. The second-order valence-electron chi connectivity index (χ2n) is 6.50. The van der Waals surface area contributed by atoms with Crippen LogP contribution in [0.3, 0.4) is 0 Å². The van der Waals surface area contributed by atoms with Gasteiger partial charge in [0.1, 0.15) is 11.6 Å². The SMILES string of the molecule is O=C(COC(=O)c1ccccc1NC(=O)Cc1ccccc1)Nc1ccc(F)cc1F. The number of hydrogen-bond acceptors (Lipinski definition) is 4. The van der Waals surface area contributed by atoms with Gasteiger partial charge >= 0.3 is 5.97 Å². The molecule has 0 saturated heterocycles. The number of benzene rings is 3. The second-order valence-corrected chi connectivity index (χ2v) is 6.50. The monoisotopic (exact) mass is 424 g/mol. The minimum Gasteiger partial charge on any atom is -0.452 e. The van der Waals surface area contributed by atoms with E-state index >= 15 is 0 Å². The molecular weight excluding hydrogens is 406 g/mol. The van der Waals surface area contributed by atoms with E-state index in [-0.39, 0.29) is 29.3 Å². The van der Waals surface area contributed by atoms with Crippen LogP contribution in [0.25, 0.3) is 0 Å². The van der Waals surface area contributed by atoms with Crippen LogP contribution in [-0.4, -0.2) is 24.4 Å². The van der Waals surface area contributed by atoms with Crippen LogP contribution in [0.15, 0.2) is 72.8 Å². The maximum absolute atomic E-state index is 13.6. The summed E-state index contributed by atoms with van der Waals surface area (Å²) in [5.41, 5.74) is 0.865. The van der Waals surface area contributed by atoms with Crippen molar-refractivity contribution in [3.05, 3.63) is 95.6 Å². The molecule has 0 unspecified atom stereocenters. The summed E-state index contributed by atoms with van der Waals surface area (Å²) in [5.74, 6) is -3.70. The summed E-state index contributed by atoms with van der Waals surface area (Å²) in [4.78, 5) is 36.6. The van der Waals surface area contributed by atoms with Crippen LogP contribution in [-0.2, 0) is 20.7 Å². The molecule has 0 aromatic heterocycles. The Labute approximate surface area is 176 Å². The molecule has 3 rings (SSSR count). The first-order valence-corrected chi connectivity index (χ1v) is 9.27. The summed E-state index contributed by atoms with van der Waals surface area (Å²) in [7, 11) is 0. The van der Waals surface area contributed by atoms with Crippen molar-refractivity contribution in [1.29, 1.82) is 0 Å². The molecule has 0 heterocycles. The quantitative estimate of drug-likeness (QED) is 0.563. The maximum Gasteiger partial charge on any atom is 0.340 e. The van der Waals surface area contributed by atoms with Crippen molar-refractivity contribution < 1.29 is 27.9 Å². The summed E-state index contributed by atoms with van der Waals surface area (Å²) in [6.45, 7) is -0.693. The number of esters is 1. The van der Waals surface area contributed by atoms with Gasteiger partial charge in [0.05, 0.1) is 23.4 Å². The first kappa shape index (κ1) is 21.6. The fourth-order valence-corrected chi connectivity index (χ4v) is 2.73. The van der Waals surface area contributed by atoms with Gasteiger partial charge < -0.3 is 15.4 Å². The van der Waals surface area contributed by atoms with Gasteiger partial charge in [-0.05, 0) is 29.8 Å². The van der Waals surface area contributed by atoms with Crippen molar-refractivity contribution in [3.63, 3.8) is 0 Å². The lowest BCUT2D eigenvalue weighted by atomic mass is 10.1. The van der Waals surface area contributed by atoms with Crippen molar-refractivity contribution in [2.24, 2.45) is 0 Å². The molecule has 0 atom stereocenters. The molecule has 158 valence electrons. The molecule has 31 heavy (non-hydrogen) atoms. The zero-order valence-electron chi connectivity index (χ0n) is 16.2. The molecule has 0 spiro atoms. The Balaban J connectivity index is 1.59. The highest BCUT2D eigenvalue weighted by Crippen LogP contribution is 2.18. The van der Waals surface area contributed by atoms with Gasteiger partial charge in [0.15, 0.2) is 6.61 Å². The molecule has 2 amide bonds. The molecule has 0 aliphatic carbocycles. The summed E-state index contributed by atoms with van der Waals surface area (Å²) < 4.78 is 31.5. The maximum atomic E-state index is 13.6. The number of halogens is 2. The highest BCUT2D eigenvalue weighted by atomic mass is 19.1. The Bertz CT molecular complexity index is 1100. The number of nitrogens with one attached hydrogen (secondary N) is 2. The van der Waals surface area contributed by atoms with Gasteiger partial charge in [-0.3, -0.25) is 9.59 Å². The van der Waals surface area contributed by atoms with E-state index in [0.29, 0.717) is 6.07 Å². The van der Waals surface area contributed by atoms with Crippen LogP contribution in [0.1, 0.15) is 15.9 Å². The van der Waals surface area contributed by atoms with Gasteiger partial charge in [-0.15, -0.1) is 0 Å². The van der Waals surface area contributed by atoms with E-state index in [9.17, 15) is 23.2 Å². The zero-order chi connectivity index (χ0) is 22.2. The van der Waals surface area contributed by atoms with Gasteiger partial charge in [-0.2, -0.15) is 0 Å². The third-order valence-corrected chi connectivity index (χ3v) is 4.17. The van der Waals surface area contributed by atoms with Gasteiger partial charge in [0.2, 0.25) is 5.91 Å². The van der Waals surface area contributed by atoms with Crippen molar-refractivity contribution in [3.8, 4) is 0 Å². The Hall–Kier alpha value is -4.07. The Morgan fingerprint density at radius 2 is 1.45 bits per heavy atom. The molecule has 8 heteroatoms. The minimum atomic E-state index is -0.953. The van der Waals surface area contributed by atoms with E-state index in [0.717, 1.165) is 17.7 Å². The molecule has 2 N–H and O–H groups in total. The van der Waals surface area contributed by atoms with Gasteiger partial charge in [-0.25, -0.2) is 13.6 Å². The van der Waals surface area contributed by atoms with Crippen molar-refractivity contribution in [2.75, 3.05) is 17.2 Å². The van der Waals surface area contributed by atoms with E-state index in [1.54, 1.807) is 12.1 Å². The van der Waals surface area contributed by atoms with Crippen LogP contribution in [0, 0.1) is 11.6 Å². The fourth-order valence-electron chi connectivity index (χ4n) is 2.73. The highest BCUT2D eigenvalue weighted by Gasteiger charge is 2.17. The van der Waals surface area contributed by atoms with Crippen molar-refractivity contribution in [2.45, 2.75) is 6.42 Å². The minimum absolute atomic E-state index is 0.0599. The fraction of sp³-hybridized carbons (Fsp3) is 0.0870. The number of rotatable bonds is 7. The number of carbonyl (C=O) groups excluding carboxylic acids is 3. The number of hydrogen-bond donors (Lipinski definition) is 2. The third kappa shape index (κ3) is 6.20. The molecule has 0 aliphatic rings. The lowest BCUT2D eigenvalue weighted by molar-refractivity contribution is -0.119. The molecule has 0 bridgehead atoms. The van der Waals surface area contributed by atoms with Crippen LogP contribution in [0.2, 0.25) is 0 Å². The number of amides is 2. The molecule has 6 nitrogen and oxygen atoms in total. The standard InChI is InChI=1S/C23H18F2N2O4/c24-16-10-11-20(18(25)13-16)27-22(29)14-31-23(30)17-8-4-5-9-19(17)26-21(28)12-15-6-2-1-3-7-15/h1-11,13H,12,14H2,(H,26,28)(H,27,29). The van der Waals surface area contributed by atoms with Crippen molar-refractivity contribution >= 4 is 29.2 Å². The Morgan fingerprint density at radius 1 is 0.774 bits per heavy atom. The first-order chi connectivity index (χ1) is 14.9. The number of ether oxygens (including phenoxy) is 1. The van der Waals surface area contributed by atoms with E-state index in [1.165, 1.54) is 12.1 Å². The smallest absolute Gasteiger partial charge is 0.340 e. The van der Waals surface area contributed by atoms with Crippen LogP contribution in [0.5, 0.6) is 0 Å². The Morgan fingerprint density at radius 3 is 2.19 bits per heavy atom. The number of para-hydroxylation sites is 1. The lowest BCUT2D eigenvalue weighted by Gasteiger charge is -2.11. The third-order valence-electron chi connectivity index (χ3n) is 4.17. The van der Waals surface area contributed by atoms with Gasteiger partial charge in [0, 0.05) is 6.07 Å². The molecule has 0 aliphatic heterocycles. The van der Waals surface area contributed by atoms with E-state index in [2.05, 4.69) is 10.6 Å². The van der Waals surface area contributed by atoms with Crippen molar-refractivity contribution in [1.82, 2.24) is 0 Å². The molecule has 3 aromatic carbocycles. The number of anilines is 2. The zero-order valence-corrected chi connectivity index (χ0v) is 16.2. The second kappa shape index (κ2) is 10.1. The molecule has 3 aromatic rings. The summed E-state index contributed by atoms with van der Waals surface area (Å²) in [6.07, 6.45) is 0.121. The van der Waals surface area contributed by atoms with Gasteiger partial charge in [-0.1, -0.05) is 42.5 Å². The molecule has 0 radical (unpaired) electrons. The predicted octanol–water partition coefficient (Wildman–Crippen LogP) is 3.94. The van der Waals surface area contributed by atoms with Crippen LogP contribution < -0.4 is 10.6 Å². The van der Waals surface area contributed by atoms with E-state index < -0.39 is 30.1 Å². The van der Waals surface area contributed by atoms with Crippen LogP contribution >= 0.6 is 0 Å². The molecular formula is C23H18F2N2O4. The highest BCUT2D eigenvalue weighted by molar-refractivity contribution is 6.02. The van der Waals surface area contributed by atoms with Gasteiger partial charge in [0.25, 0.3) is 5.91 Å². The van der Waals surface area contributed by atoms with E-state index in [4.69, 9.17) is 4.74 Å².